The van der Waals surface area contributed by atoms with Crippen LogP contribution in [0.4, 0.5) is 11.4 Å². The second kappa shape index (κ2) is 4.95. The zero-order valence-electron chi connectivity index (χ0n) is 11.9. The number of anilines is 2. The molecule has 104 valence electrons. The van der Waals surface area contributed by atoms with Crippen molar-refractivity contribution < 1.29 is 4.74 Å². The van der Waals surface area contributed by atoms with E-state index in [1.54, 1.807) is 7.11 Å². The van der Waals surface area contributed by atoms with Gasteiger partial charge in [-0.2, -0.15) is 0 Å². The number of benzene rings is 1. The van der Waals surface area contributed by atoms with Crippen molar-refractivity contribution in [2.45, 2.75) is 25.7 Å². The first-order valence-electron chi connectivity index (χ1n) is 7.32. The topological polar surface area (TPSA) is 38.5 Å². The van der Waals surface area contributed by atoms with Crippen LogP contribution in [0.15, 0.2) is 18.2 Å². The molecule has 2 aliphatic carbocycles. The molecule has 1 aromatic carbocycles. The highest BCUT2D eigenvalue weighted by molar-refractivity contribution is 5.69. The SMILES string of the molecule is COc1ccc(N)c(N(C)CC2CC3CCC2C3)c1. The van der Waals surface area contributed by atoms with E-state index in [1.165, 1.54) is 25.7 Å². The van der Waals surface area contributed by atoms with E-state index in [2.05, 4.69) is 11.9 Å². The highest BCUT2D eigenvalue weighted by Gasteiger charge is 2.39. The van der Waals surface area contributed by atoms with E-state index in [0.29, 0.717) is 0 Å². The van der Waals surface area contributed by atoms with Crippen LogP contribution in [0.5, 0.6) is 5.75 Å². The van der Waals surface area contributed by atoms with Crippen LogP contribution in [0, 0.1) is 17.8 Å². The van der Waals surface area contributed by atoms with Crippen LogP contribution in [-0.2, 0) is 0 Å². The van der Waals surface area contributed by atoms with E-state index in [0.717, 1.165) is 41.4 Å². The fourth-order valence-electron chi connectivity index (χ4n) is 4.03. The highest BCUT2D eigenvalue weighted by Crippen LogP contribution is 2.48. The second-order valence-corrected chi connectivity index (χ2v) is 6.24. The number of nitrogen functional groups attached to an aromatic ring is 1. The molecule has 3 atom stereocenters. The van der Waals surface area contributed by atoms with E-state index in [9.17, 15) is 0 Å². The Hall–Kier alpha value is -1.38. The number of nitrogens with zero attached hydrogens (tertiary/aromatic N) is 1. The summed E-state index contributed by atoms with van der Waals surface area (Å²) in [6, 6.07) is 5.90. The van der Waals surface area contributed by atoms with Crippen LogP contribution >= 0.6 is 0 Å². The van der Waals surface area contributed by atoms with Gasteiger partial charge in [-0.25, -0.2) is 0 Å². The zero-order chi connectivity index (χ0) is 13.4. The molecule has 0 aromatic heterocycles. The van der Waals surface area contributed by atoms with Crippen LogP contribution < -0.4 is 15.4 Å². The summed E-state index contributed by atoms with van der Waals surface area (Å²) in [5.74, 6) is 3.70. The molecule has 0 radical (unpaired) electrons. The normalized spacial score (nSPS) is 28.6. The third kappa shape index (κ3) is 2.38. The minimum Gasteiger partial charge on any atom is -0.497 e. The lowest BCUT2D eigenvalue weighted by atomic mass is 9.88. The minimum absolute atomic E-state index is 0.839. The molecular weight excluding hydrogens is 236 g/mol. The Balaban J connectivity index is 1.71. The number of rotatable bonds is 4. The summed E-state index contributed by atoms with van der Waals surface area (Å²) >= 11 is 0. The van der Waals surface area contributed by atoms with Crippen molar-refractivity contribution in [2.75, 3.05) is 31.3 Å². The maximum atomic E-state index is 6.10. The number of fused-ring (bicyclic) bond motifs is 2. The van der Waals surface area contributed by atoms with E-state index in [4.69, 9.17) is 10.5 Å². The van der Waals surface area contributed by atoms with Crippen LogP contribution in [0.25, 0.3) is 0 Å². The molecule has 1 aromatic rings. The summed E-state index contributed by atoms with van der Waals surface area (Å²) in [5, 5.41) is 0. The molecule has 0 heterocycles. The van der Waals surface area contributed by atoms with E-state index in [-0.39, 0.29) is 0 Å². The summed E-state index contributed by atoms with van der Waals surface area (Å²) in [4.78, 5) is 2.31. The predicted molar refractivity (Wildman–Crippen MR) is 79.6 cm³/mol. The molecule has 0 amide bonds. The van der Waals surface area contributed by atoms with Gasteiger partial charge in [0.2, 0.25) is 0 Å². The van der Waals surface area contributed by atoms with Gasteiger partial charge in [-0.1, -0.05) is 6.42 Å². The number of methoxy groups -OCH3 is 1. The van der Waals surface area contributed by atoms with Crippen LogP contribution in [-0.4, -0.2) is 20.7 Å². The predicted octanol–water partition coefficient (Wildman–Crippen LogP) is 3.15. The lowest BCUT2D eigenvalue weighted by Crippen LogP contribution is -2.29. The Kier molecular flexibility index (Phi) is 3.29. The van der Waals surface area contributed by atoms with Crippen molar-refractivity contribution in [3.63, 3.8) is 0 Å². The number of hydrogen-bond donors (Lipinski definition) is 1. The van der Waals surface area contributed by atoms with Crippen molar-refractivity contribution in [3.8, 4) is 5.75 Å². The first-order valence-corrected chi connectivity index (χ1v) is 7.32. The van der Waals surface area contributed by atoms with Crippen LogP contribution in [0.3, 0.4) is 0 Å². The minimum atomic E-state index is 0.839. The Morgan fingerprint density at radius 2 is 2.16 bits per heavy atom. The van der Waals surface area contributed by atoms with Crippen molar-refractivity contribution >= 4 is 11.4 Å². The Morgan fingerprint density at radius 1 is 1.32 bits per heavy atom. The third-order valence-electron chi connectivity index (χ3n) is 5.04. The second-order valence-electron chi connectivity index (χ2n) is 6.24. The molecule has 2 fully saturated rings. The lowest BCUT2D eigenvalue weighted by Gasteiger charge is -2.29. The largest absolute Gasteiger partial charge is 0.497 e. The first kappa shape index (κ1) is 12.6. The summed E-state index contributed by atoms with van der Waals surface area (Å²) in [6.45, 7) is 1.12. The average Bonchev–Trinajstić information content (AvgIpc) is 3.01. The molecule has 19 heavy (non-hydrogen) atoms. The molecule has 2 saturated carbocycles. The van der Waals surface area contributed by atoms with Gasteiger partial charge < -0.3 is 15.4 Å². The maximum absolute atomic E-state index is 6.10. The smallest absolute Gasteiger partial charge is 0.121 e. The van der Waals surface area contributed by atoms with Crippen LogP contribution in [0.1, 0.15) is 25.7 Å². The van der Waals surface area contributed by atoms with Crippen molar-refractivity contribution in [1.29, 1.82) is 0 Å². The Bertz CT molecular complexity index is 460. The van der Waals surface area contributed by atoms with E-state index >= 15 is 0 Å². The molecule has 2 bridgehead atoms. The van der Waals surface area contributed by atoms with Gasteiger partial charge in [0.25, 0.3) is 0 Å². The van der Waals surface area contributed by atoms with Gasteiger partial charge in [0.1, 0.15) is 5.75 Å². The molecule has 2 N–H and O–H groups in total. The third-order valence-corrected chi connectivity index (χ3v) is 5.04. The van der Waals surface area contributed by atoms with E-state index < -0.39 is 0 Å². The molecule has 0 saturated heterocycles. The van der Waals surface area contributed by atoms with Gasteiger partial charge in [-0.05, 0) is 49.1 Å². The van der Waals surface area contributed by atoms with Gasteiger partial charge >= 0.3 is 0 Å². The lowest BCUT2D eigenvalue weighted by molar-refractivity contribution is 0.337. The van der Waals surface area contributed by atoms with Crippen molar-refractivity contribution in [3.05, 3.63) is 18.2 Å². The van der Waals surface area contributed by atoms with Crippen LogP contribution in [0.2, 0.25) is 0 Å². The fourth-order valence-corrected chi connectivity index (χ4v) is 4.03. The quantitative estimate of drug-likeness (QED) is 0.845. The van der Waals surface area contributed by atoms with Gasteiger partial charge in [0.05, 0.1) is 18.5 Å². The highest BCUT2D eigenvalue weighted by atomic mass is 16.5. The molecule has 3 rings (SSSR count). The molecule has 2 aliphatic rings. The van der Waals surface area contributed by atoms with Gasteiger partial charge in [0.15, 0.2) is 0 Å². The summed E-state index contributed by atoms with van der Waals surface area (Å²) in [7, 11) is 3.85. The molecule has 0 aliphatic heterocycles. The fraction of sp³-hybridized carbons (Fsp3) is 0.625. The Labute approximate surface area is 115 Å². The van der Waals surface area contributed by atoms with Gasteiger partial charge in [0, 0.05) is 19.7 Å². The zero-order valence-corrected chi connectivity index (χ0v) is 11.9. The monoisotopic (exact) mass is 260 g/mol. The maximum Gasteiger partial charge on any atom is 0.121 e. The Morgan fingerprint density at radius 3 is 2.79 bits per heavy atom. The molecular formula is C16H24N2O. The molecule has 3 nitrogen and oxygen atoms in total. The van der Waals surface area contributed by atoms with Gasteiger partial charge in [-0.15, -0.1) is 0 Å². The van der Waals surface area contributed by atoms with Crippen molar-refractivity contribution in [2.24, 2.45) is 17.8 Å². The number of hydrogen-bond acceptors (Lipinski definition) is 3. The molecule has 0 spiro atoms. The number of nitrogens with two attached hydrogens (primary N) is 1. The molecule has 3 heteroatoms. The summed E-state index contributed by atoms with van der Waals surface area (Å²) in [5.41, 5.74) is 8.04. The average molecular weight is 260 g/mol. The van der Waals surface area contributed by atoms with Crippen molar-refractivity contribution in [1.82, 2.24) is 0 Å². The van der Waals surface area contributed by atoms with E-state index in [1.807, 2.05) is 18.2 Å². The first-order chi connectivity index (χ1) is 9.17. The standard InChI is InChI=1S/C16H24N2O/c1-18(10-13-8-11-3-4-12(13)7-11)16-9-14(19-2)5-6-15(16)17/h5-6,9,11-13H,3-4,7-8,10,17H2,1-2H3. The molecule has 3 unspecified atom stereocenters. The van der Waals surface area contributed by atoms with Gasteiger partial charge in [-0.3, -0.25) is 0 Å². The summed E-state index contributed by atoms with van der Waals surface area (Å²) in [6.07, 6.45) is 5.79. The number of ether oxygens (including phenoxy) is 1. The summed E-state index contributed by atoms with van der Waals surface area (Å²) < 4.78 is 5.30.